The van der Waals surface area contributed by atoms with Crippen LogP contribution in [0.4, 0.5) is 0 Å². The Morgan fingerprint density at radius 2 is 1.95 bits per heavy atom. The van der Waals surface area contributed by atoms with Crippen molar-refractivity contribution in [3.05, 3.63) is 48.0 Å². The minimum atomic E-state index is 0.371. The molecule has 0 amide bonds. The Balaban J connectivity index is 2.21. The van der Waals surface area contributed by atoms with Crippen molar-refractivity contribution in [3.63, 3.8) is 0 Å². The Morgan fingerprint density at radius 1 is 1.16 bits per heavy atom. The summed E-state index contributed by atoms with van der Waals surface area (Å²) < 4.78 is 0. The molecule has 0 spiro atoms. The summed E-state index contributed by atoms with van der Waals surface area (Å²) in [6.45, 7) is 3.20. The van der Waals surface area contributed by atoms with Crippen molar-refractivity contribution in [3.8, 4) is 12.3 Å². The van der Waals surface area contributed by atoms with Crippen LogP contribution in [-0.2, 0) is 6.42 Å². The zero-order chi connectivity index (χ0) is 13.5. The molecule has 2 rings (SSSR count). The molecule has 0 aromatic heterocycles. The summed E-state index contributed by atoms with van der Waals surface area (Å²) in [6.07, 6.45) is 8.39. The third-order valence-electron chi connectivity index (χ3n) is 3.39. The summed E-state index contributed by atoms with van der Waals surface area (Å²) in [4.78, 5) is 0. The number of benzene rings is 2. The third kappa shape index (κ3) is 3.59. The first-order valence-electron chi connectivity index (χ1n) is 6.98. The quantitative estimate of drug-likeness (QED) is 0.771. The first-order valence-corrected chi connectivity index (χ1v) is 6.98. The van der Waals surface area contributed by atoms with E-state index in [0.717, 1.165) is 25.8 Å². The van der Waals surface area contributed by atoms with Gasteiger partial charge >= 0.3 is 0 Å². The highest BCUT2D eigenvalue weighted by Gasteiger charge is 2.09. The van der Waals surface area contributed by atoms with Gasteiger partial charge in [0, 0.05) is 12.5 Å². The van der Waals surface area contributed by atoms with Gasteiger partial charge in [-0.25, -0.2) is 0 Å². The van der Waals surface area contributed by atoms with Gasteiger partial charge in [0.2, 0.25) is 0 Å². The second-order valence-corrected chi connectivity index (χ2v) is 4.90. The van der Waals surface area contributed by atoms with E-state index < -0.39 is 0 Å². The van der Waals surface area contributed by atoms with Gasteiger partial charge in [-0.1, -0.05) is 49.4 Å². The Morgan fingerprint density at radius 3 is 2.74 bits per heavy atom. The van der Waals surface area contributed by atoms with Crippen LogP contribution in [0.1, 0.15) is 25.3 Å². The molecular weight excluding hydrogens is 230 g/mol. The molecule has 1 N–H and O–H groups in total. The van der Waals surface area contributed by atoms with Gasteiger partial charge in [-0.05, 0) is 35.7 Å². The third-order valence-corrected chi connectivity index (χ3v) is 3.39. The SMILES string of the molecule is C#CCC(Cc1cccc2ccccc12)NCCC. The van der Waals surface area contributed by atoms with Crippen molar-refractivity contribution in [2.45, 2.75) is 32.2 Å². The smallest absolute Gasteiger partial charge is 0.0243 e. The van der Waals surface area contributed by atoms with Crippen LogP contribution in [0.3, 0.4) is 0 Å². The molecule has 2 aromatic carbocycles. The molecule has 2 aromatic rings. The highest BCUT2D eigenvalue weighted by molar-refractivity contribution is 5.85. The lowest BCUT2D eigenvalue weighted by molar-refractivity contribution is 0.518. The molecule has 0 saturated carbocycles. The molecule has 0 aliphatic carbocycles. The molecule has 0 fully saturated rings. The van der Waals surface area contributed by atoms with E-state index in [1.54, 1.807) is 0 Å². The molecule has 0 aliphatic rings. The maximum Gasteiger partial charge on any atom is 0.0243 e. The van der Waals surface area contributed by atoms with Gasteiger partial charge in [-0.3, -0.25) is 0 Å². The van der Waals surface area contributed by atoms with Crippen molar-refractivity contribution in [1.29, 1.82) is 0 Å². The first kappa shape index (κ1) is 13.6. The molecule has 0 radical (unpaired) electrons. The molecule has 98 valence electrons. The van der Waals surface area contributed by atoms with Gasteiger partial charge in [0.1, 0.15) is 0 Å². The number of hydrogen-bond acceptors (Lipinski definition) is 1. The van der Waals surface area contributed by atoms with Crippen molar-refractivity contribution < 1.29 is 0 Å². The number of rotatable bonds is 6. The van der Waals surface area contributed by atoms with E-state index in [0.29, 0.717) is 6.04 Å². The highest BCUT2D eigenvalue weighted by atomic mass is 14.9. The highest BCUT2D eigenvalue weighted by Crippen LogP contribution is 2.20. The monoisotopic (exact) mass is 251 g/mol. The van der Waals surface area contributed by atoms with Crippen LogP contribution in [0.5, 0.6) is 0 Å². The second kappa shape index (κ2) is 6.97. The van der Waals surface area contributed by atoms with Gasteiger partial charge in [-0.2, -0.15) is 0 Å². The predicted octanol–water partition coefficient (Wildman–Crippen LogP) is 3.77. The minimum Gasteiger partial charge on any atom is -0.313 e. The zero-order valence-corrected chi connectivity index (χ0v) is 11.5. The summed E-state index contributed by atoms with van der Waals surface area (Å²) in [5, 5.41) is 6.18. The van der Waals surface area contributed by atoms with Crippen molar-refractivity contribution in [2.75, 3.05) is 6.54 Å². The van der Waals surface area contributed by atoms with Crippen LogP contribution in [0.15, 0.2) is 42.5 Å². The molecular formula is C18H21N. The average Bonchev–Trinajstić information content (AvgIpc) is 2.45. The van der Waals surface area contributed by atoms with Gasteiger partial charge in [-0.15, -0.1) is 12.3 Å². The van der Waals surface area contributed by atoms with E-state index in [9.17, 15) is 0 Å². The maximum absolute atomic E-state index is 5.48. The molecule has 0 bridgehead atoms. The van der Waals surface area contributed by atoms with E-state index in [4.69, 9.17) is 6.42 Å². The van der Waals surface area contributed by atoms with Crippen LogP contribution in [0.25, 0.3) is 10.8 Å². The zero-order valence-electron chi connectivity index (χ0n) is 11.5. The fourth-order valence-corrected chi connectivity index (χ4v) is 2.44. The standard InChI is InChI=1S/C18H21N/c1-3-8-17(19-13-4-2)14-16-11-7-10-15-9-5-6-12-18(15)16/h1,5-7,9-12,17,19H,4,8,13-14H2,2H3. The van der Waals surface area contributed by atoms with E-state index in [1.165, 1.54) is 16.3 Å². The number of fused-ring (bicyclic) bond motifs is 1. The van der Waals surface area contributed by atoms with E-state index in [1.807, 2.05) is 0 Å². The molecule has 1 unspecified atom stereocenters. The molecule has 1 nitrogen and oxygen atoms in total. The lowest BCUT2D eigenvalue weighted by atomic mass is 9.97. The second-order valence-electron chi connectivity index (χ2n) is 4.90. The Bertz CT molecular complexity index is 560. The average molecular weight is 251 g/mol. The van der Waals surface area contributed by atoms with Crippen LogP contribution < -0.4 is 5.32 Å². The minimum absolute atomic E-state index is 0.371. The van der Waals surface area contributed by atoms with Crippen molar-refractivity contribution in [1.82, 2.24) is 5.32 Å². The van der Waals surface area contributed by atoms with Crippen LogP contribution in [0, 0.1) is 12.3 Å². The summed E-state index contributed by atoms with van der Waals surface area (Å²) in [6, 6.07) is 15.4. The van der Waals surface area contributed by atoms with Gasteiger partial charge < -0.3 is 5.32 Å². The molecule has 19 heavy (non-hydrogen) atoms. The van der Waals surface area contributed by atoms with E-state index >= 15 is 0 Å². The topological polar surface area (TPSA) is 12.0 Å². The molecule has 1 atom stereocenters. The largest absolute Gasteiger partial charge is 0.313 e. The summed E-state index contributed by atoms with van der Waals surface area (Å²) in [5.74, 6) is 2.78. The Kier molecular flexibility index (Phi) is 5.01. The number of hydrogen-bond donors (Lipinski definition) is 1. The lowest BCUT2D eigenvalue weighted by Crippen LogP contribution is -2.31. The van der Waals surface area contributed by atoms with Gasteiger partial charge in [0.25, 0.3) is 0 Å². The van der Waals surface area contributed by atoms with Crippen molar-refractivity contribution >= 4 is 10.8 Å². The molecule has 1 heteroatoms. The molecule has 0 aliphatic heterocycles. The summed E-state index contributed by atoms with van der Waals surface area (Å²) in [7, 11) is 0. The fourth-order valence-electron chi connectivity index (χ4n) is 2.44. The first-order chi connectivity index (χ1) is 9.35. The van der Waals surface area contributed by atoms with E-state index in [2.05, 4.69) is 60.6 Å². The fraction of sp³-hybridized carbons (Fsp3) is 0.333. The Hall–Kier alpha value is -1.78. The molecule has 0 saturated heterocycles. The maximum atomic E-state index is 5.48. The summed E-state index contributed by atoms with van der Waals surface area (Å²) in [5.41, 5.74) is 1.38. The van der Waals surface area contributed by atoms with Crippen LogP contribution in [0.2, 0.25) is 0 Å². The van der Waals surface area contributed by atoms with Crippen molar-refractivity contribution in [2.24, 2.45) is 0 Å². The van der Waals surface area contributed by atoms with Gasteiger partial charge in [0.05, 0.1) is 0 Å². The Labute approximate surface area is 116 Å². The van der Waals surface area contributed by atoms with Crippen LogP contribution >= 0.6 is 0 Å². The normalized spacial score (nSPS) is 12.2. The molecule has 0 heterocycles. The van der Waals surface area contributed by atoms with E-state index in [-0.39, 0.29) is 0 Å². The lowest BCUT2D eigenvalue weighted by Gasteiger charge is -2.17. The number of terminal acetylenes is 1. The van der Waals surface area contributed by atoms with Crippen LogP contribution in [-0.4, -0.2) is 12.6 Å². The summed E-state index contributed by atoms with van der Waals surface area (Å²) >= 11 is 0. The number of nitrogens with one attached hydrogen (secondary N) is 1. The predicted molar refractivity (Wildman–Crippen MR) is 83.2 cm³/mol. The van der Waals surface area contributed by atoms with Gasteiger partial charge in [0.15, 0.2) is 0 Å².